The van der Waals surface area contributed by atoms with Gasteiger partial charge in [-0.1, -0.05) is 30.3 Å². The minimum absolute atomic E-state index is 0.216. The summed E-state index contributed by atoms with van der Waals surface area (Å²) in [4.78, 5) is 50.0. The fourth-order valence-corrected chi connectivity index (χ4v) is 4.03. The third kappa shape index (κ3) is 6.36. The number of imide groups is 1. The van der Waals surface area contributed by atoms with E-state index in [1.54, 1.807) is 6.07 Å². The highest BCUT2D eigenvalue weighted by atomic mass is 16.5. The standard InChI is InChI=1S/C25H28N4O6/c30-22-9-8-21(23(31)28-22)29-16-18-7-6-17(14-20(18)24(29)32)15-27-25(33)26-10-11-34-12-13-35-19-4-2-1-3-5-19/h1-7,14,21H,8-13,15-16H2,(H2,26,27,33)(H,28,30,31). The van der Waals surface area contributed by atoms with E-state index in [9.17, 15) is 19.2 Å². The number of para-hydroxylation sites is 1. The van der Waals surface area contributed by atoms with Crippen molar-refractivity contribution in [1.82, 2.24) is 20.9 Å². The van der Waals surface area contributed by atoms with E-state index in [4.69, 9.17) is 9.47 Å². The molecule has 10 nitrogen and oxygen atoms in total. The molecule has 1 fully saturated rings. The largest absolute Gasteiger partial charge is 0.491 e. The van der Waals surface area contributed by atoms with E-state index in [1.165, 1.54) is 4.90 Å². The van der Waals surface area contributed by atoms with Gasteiger partial charge in [-0.05, 0) is 35.7 Å². The maximum Gasteiger partial charge on any atom is 0.315 e. The van der Waals surface area contributed by atoms with E-state index in [2.05, 4.69) is 16.0 Å². The molecule has 2 aromatic carbocycles. The summed E-state index contributed by atoms with van der Waals surface area (Å²) in [6.07, 6.45) is 0.538. The second-order valence-electron chi connectivity index (χ2n) is 8.27. The average molecular weight is 481 g/mol. The van der Waals surface area contributed by atoms with Crippen LogP contribution in [0.15, 0.2) is 48.5 Å². The predicted molar refractivity (Wildman–Crippen MR) is 125 cm³/mol. The minimum Gasteiger partial charge on any atom is -0.491 e. The summed E-state index contributed by atoms with van der Waals surface area (Å²) in [5.41, 5.74) is 2.11. The van der Waals surface area contributed by atoms with Crippen molar-refractivity contribution in [3.05, 3.63) is 65.2 Å². The first-order valence-electron chi connectivity index (χ1n) is 11.5. The number of rotatable bonds is 10. The van der Waals surface area contributed by atoms with Crippen molar-refractivity contribution >= 4 is 23.8 Å². The lowest BCUT2D eigenvalue weighted by Gasteiger charge is -2.29. The molecule has 0 aromatic heterocycles. The molecule has 0 aliphatic carbocycles. The van der Waals surface area contributed by atoms with Gasteiger partial charge in [0.05, 0.1) is 13.2 Å². The predicted octanol–water partition coefficient (Wildman–Crippen LogP) is 1.34. The van der Waals surface area contributed by atoms with Crippen LogP contribution in [0.5, 0.6) is 5.75 Å². The SMILES string of the molecule is O=C1CCC(N2Cc3ccc(CNC(=O)NCCOCCOc4ccccc4)cc3C2=O)C(=O)N1. The van der Waals surface area contributed by atoms with Crippen LogP contribution in [0, 0.1) is 0 Å². The van der Waals surface area contributed by atoms with Crippen molar-refractivity contribution in [1.29, 1.82) is 0 Å². The van der Waals surface area contributed by atoms with Gasteiger partial charge in [0.25, 0.3) is 5.91 Å². The number of nitrogens with one attached hydrogen (secondary N) is 3. The van der Waals surface area contributed by atoms with Gasteiger partial charge < -0.3 is 25.0 Å². The topological polar surface area (TPSA) is 126 Å². The summed E-state index contributed by atoms with van der Waals surface area (Å²) in [6, 6.07) is 13.9. The second-order valence-corrected chi connectivity index (χ2v) is 8.27. The molecule has 1 saturated heterocycles. The summed E-state index contributed by atoms with van der Waals surface area (Å²) in [5.74, 6) is -0.209. The molecule has 5 amide bonds. The number of hydrogen-bond acceptors (Lipinski definition) is 6. The van der Waals surface area contributed by atoms with E-state index in [-0.39, 0.29) is 30.8 Å². The fourth-order valence-electron chi connectivity index (χ4n) is 4.03. The highest BCUT2D eigenvalue weighted by Crippen LogP contribution is 2.28. The lowest BCUT2D eigenvalue weighted by atomic mass is 10.0. The summed E-state index contributed by atoms with van der Waals surface area (Å²) in [6.45, 7) is 2.11. The molecule has 0 spiro atoms. The molecule has 0 radical (unpaired) electrons. The number of carbonyl (C=O) groups is 4. The quantitative estimate of drug-likeness (QED) is 0.348. The molecule has 2 aromatic rings. The van der Waals surface area contributed by atoms with Gasteiger partial charge >= 0.3 is 6.03 Å². The third-order valence-corrected chi connectivity index (χ3v) is 5.82. The smallest absolute Gasteiger partial charge is 0.315 e. The van der Waals surface area contributed by atoms with Gasteiger partial charge in [0.2, 0.25) is 11.8 Å². The lowest BCUT2D eigenvalue weighted by Crippen LogP contribution is -2.52. The van der Waals surface area contributed by atoms with Crippen LogP contribution in [0.25, 0.3) is 0 Å². The molecule has 0 saturated carbocycles. The summed E-state index contributed by atoms with van der Waals surface area (Å²) in [5, 5.41) is 7.77. The van der Waals surface area contributed by atoms with Crippen molar-refractivity contribution in [2.75, 3.05) is 26.4 Å². The molecular weight excluding hydrogens is 452 g/mol. The Morgan fingerprint density at radius 2 is 1.86 bits per heavy atom. The van der Waals surface area contributed by atoms with Crippen molar-refractivity contribution < 1.29 is 28.7 Å². The Morgan fingerprint density at radius 1 is 1.03 bits per heavy atom. The number of urea groups is 1. The molecule has 184 valence electrons. The van der Waals surface area contributed by atoms with Crippen molar-refractivity contribution in [3.8, 4) is 5.75 Å². The van der Waals surface area contributed by atoms with E-state index >= 15 is 0 Å². The Morgan fingerprint density at radius 3 is 2.66 bits per heavy atom. The molecule has 10 heteroatoms. The van der Waals surface area contributed by atoms with Crippen LogP contribution in [0.3, 0.4) is 0 Å². The summed E-state index contributed by atoms with van der Waals surface area (Å²) in [7, 11) is 0. The Labute approximate surface area is 203 Å². The van der Waals surface area contributed by atoms with Crippen LogP contribution in [0.2, 0.25) is 0 Å². The highest BCUT2D eigenvalue weighted by Gasteiger charge is 2.39. The number of hydrogen-bond donors (Lipinski definition) is 3. The number of piperidine rings is 1. The molecule has 35 heavy (non-hydrogen) atoms. The van der Waals surface area contributed by atoms with Gasteiger partial charge in [-0.25, -0.2) is 4.79 Å². The van der Waals surface area contributed by atoms with Crippen LogP contribution >= 0.6 is 0 Å². The van der Waals surface area contributed by atoms with E-state index in [0.29, 0.717) is 44.9 Å². The Hall–Kier alpha value is -3.92. The Balaban J connectivity index is 1.15. The van der Waals surface area contributed by atoms with Gasteiger partial charge in [-0.3, -0.25) is 19.7 Å². The zero-order chi connectivity index (χ0) is 24.6. The zero-order valence-electron chi connectivity index (χ0n) is 19.2. The number of nitrogens with zero attached hydrogens (tertiary/aromatic N) is 1. The Kier molecular flexibility index (Phi) is 7.94. The van der Waals surface area contributed by atoms with Crippen molar-refractivity contribution in [2.24, 2.45) is 0 Å². The van der Waals surface area contributed by atoms with Crippen molar-refractivity contribution in [2.45, 2.75) is 32.0 Å². The number of carbonyl (C=O) groups excluding carboxylic acids is 4. The van der Waals surface area contributed by atoms with Crippen molar-refractivity contribution in [3.63, 3.8) is 0 Å². The molecule has 3 N–H and O–H groups in total. The normalized spacial score (nSPS) is 17.1. The van der Waals surface area contributed by atoms with Gasteiger partial charge in [0, 0.05) is 31.6 Å². The van der Waals surface area contributed by atoms with Crippen LogP contribution in [-0.4, -0.2) is 61.1 Å². The first kappa shape index (κ1) is 24.2. The van der Waals surface area contributed by atoms with Gasteiger partial charge in [0.15, 0.2) is 0 Å². The highest BCUT2D eigenvalue weighted by molar-refractivity contribution is 6.05. The van der Waals surface area contributed by atoms with Crippen LogP contribution < -0.4 is 20.7 Å². The Bertz CT molecular complexity index is 1090. The number of ether oxygens (including phenoxy) is 2. The molecule has 1 unspecified atom stereocenters. The van der Waals surface area contributed by atoms with E-state index < -0.39 is 11.9 Å². The molecule has 2 aliphatic heterocycles. The summed E-state index contributed by atoms with van der Waals surface area (Å²) >= 11 is 0. The van der Waals surface area contributed by atoms with Gasteiger partial charge in [-0.15, -0.1) is 0 Å². The van der Waals surface area contributed by atoms with Crippen LogP contribution in [0.1, 0.15) is 34.3 Å². The summed E-state index contributed by atoms with van der Waals surface area (Å²) < 4.78 is 11.0. The molecular formula is C25H28N4O6. The fraction of sp³-hybridized carbons (Fsp3) is 0.360. The second kappa shape index (κ2) is 11.5. The molecule has 1 atom stereocenters. The van der Waals surface area contributed by atoms with Crippen LogP contribution in [0.4, 0.5) is 4.79 Å². The average Bonchev–Trinajstić information content (AvgIpc) is 3.18. The third-order valence-electron chi connectivity index (χ3n) is 5.82. The lowest BCUT2D eigenvalue weighted by molar-refractivity contribution is -0.136. The van der Waals surface area contributed by atoms with E-state index in [1.807, 2.05) is 42.5 Å². The molecule has 4 rings (SSSR count). The van der Waals surface area contributed by atoms with Crippen LogP contribution in [-0.2, 0) is 27.4 Å². The first-order valence-corrected chi connectivity index (χ1v) is 11.5. The maximum atomic E-state index is 12.9. The first-order chi connectivity index (χ1) is 17.0. The minimum atomic E-state index is -0.646. The molecule has 2 aliphatic rings. The molecule has 2 heterocycles. The number of amides is 5. The van der Waals surface area contributed by atoms with E-state index in [0.717, 1.165) is 16.9 Å². The number of fused-ring (bicyclic) bond motifs is 1. The maximum absolute atomic E-state index is 12.9. The van der Waals surface area contributed by atoms with Gasteiger partial charge in [-0.2, -0.15) is 0 Å². The molecule has 0 bridgehead atoms. The zero-order valence-corrected chi connectivity index (χ0v) is 19.2. The monoisotopic (exact) mass is 480 g/mol. The van der Waals surface area contributed by atoms with Gasteiger partial charge in [0.1, 0.15) is 18.4 Å². The number of benzene rings is 2.